The highest BCUT2D eigenvalue weighted by atomic mass is 79.9. The van der Waals surface area contributed by atoms with Crippen LogP contribution in [0.4, 0.5) is 0 Å². The van der Waals surface area contributed by atoms with Gasteiger partial charge in [0.2, 0.25) is 0 Å². The highest BCUT2D eigenvalue weighted by Gasteiger charge is 2.21. The fraction of sp³-hybridized carbons (Fsp3) is 0.615. The molecule has 0 saturated carbocycles. The summed E-state index contributed by atoms with van der Waals surface area (Å²) in [6, 6.07) is 0.220. The van der Waals surface area contributed by atoms with Crippen LogP contribution >= 0.6 is 27.5 Å². The van der Waals surface area contributed by atoms with Crippen LogP contribution < -0.4 is 5.32 Å². The van der Waals surface area contributed by atoms with Crippen molar-refractivity contribution in [3.05, 3.63) is 26.4 Å². The molecule has 2 rings (SSSR count). The zero-order chi connectivity index (χ0) is 14.7. The van der Waals surface area contributed by atoms with Gasteiger partial charge in [-0.15, -0.1) is 5.10 Å². The molecule has 0 aliphatic carbocycles. The minimum Gasteiger partial charge on any atom is -0.312 e. The van der Waals surface area contributed by atoms with Gasteiger partial charge in [-0.3, -0.25) is 4.68 Å². The maximum Gasteiger partial charge on any atom is 0.0772 e. The summed E-state index contributed by atoms with van der Waals surface area (Å²) in [7, 11) is 1.98. The first-order valence-corrected chi connectivity index (χ1v) is 8.39. The van der Waals surface area contributed by atoms with Gasteiger partial charge in [0.1, 0.15) is 0 Å². The van der Waals surface area contributed by atoms with E-state index in [-0.39, 0.29) is 6.04 Å². The van der Waals surface area contributed by atoms with E-state index >= 15 is 0 Å². The van der Waals surface area contributed by atoms with E-state index in [0.717, 1.165) is 35.2 Å². The van der Waals surface area contributed by atoms with Crippen LogP contribution in [-0.4, -0.2) is 26.4 Å². The number of rotatable bonds is 6. The summed E-state index contributed by atoms with van der Waals surface area (Å²) in [5.74, 6) is 0. The van der Waals surface area contributed by atoms with E-state index in [1.165, 1.54) is 22.1 Å². The monoisotopic (exact) mass is 357 g/mol. The van der Waals surface area contributed by atoms with Crippen LogP contribution in [0.3, 0.4) is 0 Å². The molecule has 2 aromatic rings. The summed E-state index contributed by atoms with van der Waals surface area (Å²) >= 11 is 5.17. The van der Waals surface area contributed by atoms with Gasteiger partial charge in [-0.05, 0) is 54.8 Å². The Morgan fingerprint density at radius 3 is 2.65 bits per heavy atom. The van der Waals surface area contributed by atoms with Crippen molar-refractivity contribution in [3.8, 4) is 0 Å². The largest absolute Gasteiger partial charge is 0.312 e. The van der Waals surface area contributed by atoms with Crippen molar-refractivity contribution in [2.45, 2.75) is 46.2 Å². The number of likely N-dealkylation sites (N-methyl/N-ethyl adjacent to an activating group) is 1. The lowest BCUT2D eigenvalue weighted by molar-refractivity contribution is 0.542. The molecule has 0 aromatic carbocycles. The summed E-state index contributed by atoms with van der Waals surface area (Å²) in [5.41, 5.74) is 3.36. The minimum atomic E-state index is 0.220. The van der Waals surface area contributed by atoms with Crippen molar-refractivity contribution in [1.29, 1.82) is 0 Å². The summed E-state index contributed by atoms with van der Waals surface area (Å²) in [6.45, 7) is 7.14. The molecular weight excluding hydrogens is 338 g/mol. The van der Waals surface area contributed by atoms with E-state index in [1.807, 2.05) is 14.0 Å². The number of nitrogens with one attached hydrogen (secondary N) is 1. The second kappa shape index (κ2) is 6.78. The maximum absolute atomic E-state index is 4.65. The van der Waals surface area contributed by atoms with Gasteiger partial charge in [-0.25, -0.2) is 0 Å². The van der Waals surface area contributed by atoms with Crippen LogP contribution in [0.5, 0.6) is 0 Å². The standard InChI is InChI=1S/C13H20BrN5S/c1-5-9-12(14)11(19(6-2)17-9)7-10(15-4)13-8(3)16-18-20-13/h10,15H,5-7H2,1-4H3. The van der Waals surface area contributed by atoms with Gasteiger partial charge in [0.05, 0.1) is 32.5 Å². The number of hydrogen-bond acceptors (Lipinski definition) is 5. The normalized spacial score (nSPS) is 12.8. The molecule has 0 bridgehead atoms. The van der Waals surface area contributed by atoms with Crippen LogP contribution in [0, 0.1) is 6.92 Å². The Bertz CT molecular complexity index is 577. The van der Waals surface area contributed by atoms with Gasteiger partial charge in [0.15, 0.2) is 0 Å². The average molecular weight is 358 g/mol. The van der Waals surface area contributed by atoms with Crippen molar-refractivity contribution in [1.82, 2.24) is 24.7 Å². The van der Waals surface area contributed by atoms with Gasteiger partial charge >= 0.3 is 0 Å². The molecule has 0 aliphatic heterocycles. The molecule has 2 heterocycles. The molecule has 0 spiro atoms. The average Bonchev–Trinajstić information content (AvgIpc) is 3.00. The maximum atomic E-state index is 4.65. The summed E-state index contributed by atoms with van der Waals surface area (Å²) in [6.07, 6.45) is 1.81. The Balaban J connectivity index is 2.32. The Morgan fingerprint density at radius 2 is 2.15 bits per heavy atom. The molecule has 1 unspecified atom stereocenters. The molecule has 0 aliphatic rings. The van der Waals surface area contributed by atoms with Gasteiger partial charge in [-0.2, -0.15) is 5.10 Å². The van der Waals surface area contributed by atoms with E-state index < -0.39 is 0 Å². The summed E-state index contributed by atoms with van der Waals surface area (Å²) < 4.78 is 7.25. The zero-order valence-corrected chi connectivity index (χ0v) is 14.7. The van der Waals surface area contributed by atoms with E-state index in [2.05, 4.69) is 54.5 Å². The van der Waals surface area contributed by atoms with Gasteiger partial charge in [-0.1, -0.05) is 11.4 Å². The molecule has 0 radical (unpaired) electrons. The molecule has 2 aromatic heterocycles. The second-order valence-corrected chi connectivity index (χ2v) is 6.22. The third-order valence-corrected chi connectivity index (χ3v) is 5.30. The first-order chi connectivity index (χ1) is 9.62. The first kappa shape index (κ1) is 15.6. The molecule has 1 atom stereocenters. The number of aromatic nitrogens is 4. The van der Waals surface area contributed by atoms with Crippen LogP contribution in [0.25, 0.3) is 0 Å². The number of nitrogens with zero attached hydrogens (tertiary/aromatic N) is 4. The van der Waals surface area contributed by atoms with Crippen molar-refractivity contribution >= 4 is 27.5 Å². The molecular formula is C13H20BrN5S. The Morgan fingerprint density at radius 1 is 1.40 bits per heavy atom. The van der Waals surface area contributed by atoms with Gasteiger partial charge in [0.25, 0.3) is 0 Å². The van der Waals surface area contributed by atoms with Crippen molar-refractivity contribution in [2.75, 3.05) is 7.05 Å². The highest BCUT2D eigenvalue weighted by Crippen LogP contribution is 2.29. The Labute approximate surface area is 132 Å². The molecule has 1 N–H and O–H groups in total. The van der Waals surface area contributed by atoms with E-state index in [4.69, 9.17) is 0 Å². The van der Waals surface area contributed by atoms with Gasteiger partial charge in [0, 0.05) is 13.0 Å². The van der Waals surface area contributed by atoms with Crippen LogP contribution in [0.1, 0.15) is 41.8 Å². The molecule has 20 heavy (non-hydrogen) atoms. The van der Waals surface area contributed by atoms with E-state index in [0.29, 0.717) is 0 Å². The molecule has 7 heteroatoms. The lowest BCUT2D eigenvalue weighted by Gasteiger charge is -2.15. The van der Waals surface area contributed by atoms with Gasteiger partial charge < -0.3 is 5.32 Å². The number of halogens is 1. The first-order valence-electron chi connectivity index (χ1n) is 6.82. The predicted molar refractivity (Wildman–Crippen MR) is 85.1 cm³/mol. The van der Waals surface area contributed by atoms with Crippen molar-refractivity contribution in [2.24, 2.45) is 0 Å². The lowest BCUT2D eigenvalue weighted by atomic mass is 10.1. The van der Waals surface area contributed by atoms with Crippen molar-refractivity contribution in [3.63, 3.8) is 0 Å². The quantitative estimate of drug-likeness (QED) is 0.863. The SMILES string of the molecule is CCc1nn(CC)c(CC(NC)c2snnc2C)c1Br. The van der Waals surface area contributed by atoms with Crippen LogP contribution in [0.2, 0.25) is 0 Å². The molecule has 0 amide bonds. The van der Waals surface area contributed by atoms with E-state index in [1.54, 1.807) is 0 Å². The molecule has 0 saturated heterocycles. The Kier molecular flexibility index (Phi) is 5.29. The highest BCUT2D eigenvalue weighted by molar-refractivity contribution is 9.10. The minimum absolute atomic E-state index is 0.220. The third kappa shape index (κ3) is 2.94. The Hall–Kier alpha value is -0.790. The topological polar surface area (TPSA) is 55.6 Å². The zero-order valence-electron chi connectivity index (χ0n) is 12.3. The molecule has 5 nitrogen and oxygen atoms in total. The van der Waals surface area contributed by atoms with Crippen molar-refractivity contribution < 1.29 is 0 Å². The fourth-order valence-electron chi connectivity index (χ4n) is 2.29. The second-order valence-electron chi connectivity index (χ2n) is 4.64. The van der Waals surface area contributed by atoms with Crippen LogP contribution in [-0.2, 0) is 19.4 Å². The number of hydrogen-bond donors (Lipinski definition) is 1. The molecule has 110 valence electrons. The fourth-order valence-corrected chi connectivity index (χ4v) is 3.77. The van der Waals surface area contributed by atoms with E-state index in [9.17, 15) is 0 Å². The predicted octanol–water partition coefficient (Wildman–Crippen LogP) is 2.89. The summed E-state index contributed by atoms with van der Waals surface area (Å²) in [4.78, 5) is 1.20. The van der Waals surface area contributed by atoms with Crippen LogP contribution in [0.15, 0.2) is 4.47 Å². The lowest BCUT2D eigenvalue weighted by Crippen LogP contribution is -2.20. The molecule has 0 fully saturated rings. The third-order valence-electron chi connectivity index (χ3n) is 3.44. The number of aryl methyl sites for hydroxylation is 3. The summed E-state index contributed by atoms with van der Waals surface area (Å²) in [5, 5.41) is 12.1. The smallest absolute Gasteiger partial charge is 0.0772 e.